The van der Waals surface area contributed by atoms with Crippen molar-refractivity contribution >= 4 is 23.0 Å². The van der Waals surface area contributed by atoms with E-state index >= 15 is 0 Å². The van der Waals surface area contributed by atoms with Crippen LogP contribution >= 0.6 is 11.3 Å². The average Bonchev–Trinajstić information content (AvgIpc) is 2.87. The second-order valence-electron chi connectivity index (χ2n) is 5.13. The maximum absolute atomic E-state index is 12.8. The number of thiazole rings is 1. The highest BCUT2D eigenvalue weighted by Crippen LogP contribution is 2.31. The van der Waals surface area contributed by atoms with E-state index < -0.39 is 11.7 Å². The molecule has 3 aromatic rings. The predicted molar refractivity (Wildman–Crippen MR) is 87.3 cm³/mol. The SMILES string of the molecule is Cc1nc(-c2ccnc(Nc3cccc(C(F)(F)F)c3)n2)sc1C. The first-order valence-corrected chi connectivity index (χ1v) is 7.86. The zero-order chi connectivity index (χ0) is 17.3. The van der Waals surface area contributed by atoms with Crippen LogP contribution in [0.15, 0.2) is 36.5 Å². The quantitative estimate of drug-likeness (QED) is 0.724. The van der Waals surface area contributed by atoms with E-state index in [1.165, 1.54) is 23.5 Å². The highest BCUT2D eigenvalue weighted by Gasteiger charge is 2.30. The molecule has 0 aliphatic heterocycles. The van der Waals surface area contributed by atoms with Gasteiger partial charge in [-0.3, -0.25) is 0 Å². The standard InChI is InChI=1S/C16H13F3N4S/c1-9-10(2)24-14(21-9)13-6-7-20-15(23-13)22-12-5-3-4-11(8-12)16(17,18)19/h3-8H,1-2H3,(H,20,22,23). The van der Waals surface area contributed by atoms with Crippen molar-refractivity contribution in [2.24, 2.45) is 0 Å². The third kappa shape index (κ3) is 3.53. The Labute approximate surface area is 140 Å². The summed E-state index contributed by atoms with van der Waals surface area (Å²) in [4.78, 5) is 13.9. The summed E-state index contributed by atoms with van der Waals surface area (Å²) in [6.45, 7) is 3.89. The summed E-state index contributed by atoms with van der Waals surface area (Å²) in [6, 6.07) is 6.62. The second-order valence-corrected chi connectivity index (χ2v) is 6.33. The van der Waals surface area contributed by atoms with Crippen LogP contribution in [-0.4, -0.2) is 15.0 Å². The number of anilines is 2. The highest BCUT2D eigenvalue weighted by molar-refractivity contribution is 7.15. The molecule has 0 amide bonds. The van der Waals surface area contributed by atoms with Gasteiger partial charge >= 0.3 is 6.18 Å². The number of benzene rings is 1. The Balaban J connectivity index is 1.88. The fourth-order valence-electron chi connectivity index (χ4n) is 2.02. The van der Waals surface area contributed by atoms with Gasteiger partial charge in [0.05, 0.1) is 11.3 Å². The van der Waals surface area contributed by atoms with Gasteiger partial charge in [-0.2, -0.15) is 13.2 Å². The molecular weight excluding hydrogens is 337 g/mol. The van der Waals surface area contributed by atoms with Crippen LogP contribution in [0.5, 0.6) is 0 Å². The van der Waals surface area contributed by atoms with Crippen molar-refractivity contribution in [1.29, 1.82) is 0 Å². The number of aryl methyl sites for hydroxylation is 2. The molecule has 2 heterocycles. The molecule has 1 aromatic carbocycles. The Morgan fingerprint density at radius 3 is 2.54 bits per heavy atom. The molecule has 0 saturated heterocycles. The molecule has 24 heavy (non-hydrogen) atoms. The molecule has 0 atom stereocenters. The normalized spacial score (nSPS) is 11.5. The minimum absolute atomic E-state index is 0.220. The second kappa shape index (κ2) is 6.20. The van der Waals surface area contributed by atoms with Crippen LogP contribution in [0.4, 0.5) is 24.8 Å². The molecule has 0 radical (unpaired) electrons. The molecule has 0 aliphatic carbocycles. The highest BCUT2D eigenvalue weighted by atomic mass is 32.1. The first-order valence-electron chi connectivity index (χ1n) is 7.04. The number of halogens is 3. The monoisotopic (exact) mass is 350 g/mol. The number of nitrogens with zero attached hydrogens (tertiary/aromatic N) is 3. The molecule has 0 bridgehead atoms. The van der Waals surface area contributed by atoms with Crippen LogP contribution < -0.4 is 5.32 Å². The van der Waals surface area contributed by atoms with E-state index in [9.17, 15) is 13.2 Å². The summed E-state index contributed by atoms with van der Waals surface area (Å²) in [5, 5.41) is 3.55. The fourth-order valence-corrected chi connectivity index (χ4v) is 2.91. The van der Waals surface area contributed by atoms with Crippen LogP contribution in [-0.2, 0) is 6.18 Å². The van der Waals surface area contributed by atoms with E-state index in [1.54, 1.807) is 12.3 Å². The molecule has 8 heteroatoms. The molecule has 4 nitrogen and oxygen atoms in total. The fraction of sp³-hybridized carbons (Fsp3) is 0.188. The molecular formula is C16H13F3N4S. The van der Waals surface area contributed by atoms with Gasteiger partial charge in [-0.25, -0.2) is 15.0 Å². The largest absolute Gasteiger partial charge is 0.416 e. The van der Waals surface area contributed by atoms with E-state index in [2.05, 4.69) is 20.3 Å². The first kappa shape index (κ1) is 16.4. The lowest BCUT2D eigenvalue weighted by Gasteiger charge is -2.10. The average molecular weight is 350 g/mol. The minimum atomic E-state index is -4.39. The van der Waals surface area contributed by atoms with Crippen LogP contribution in [0.1, 0.15) is 16.1 Å². The van der Waals surface area contributed by atoms with Gasteiger partial charge in [-0.05, 0) is 38.1 Å². The number of aromatic nitrogens is 3. The lowest BCUT2D eigenvalue weighted by molar-refractivity contribution is -0.137. The third-order valence-corrected chi connectivity index (χ3v) is 4.44. The van der Waals surface area contributed by atoms with Crippen LogP contribution in [0.25, 0.3) is 10.7 Å². The van der Waals surface area contributed by atoms with Gasteiger partial charge in [0.25, 0.3) is 0 Å². The van der Waals surface area contributed by atoms with Gasteiger partial charge in [0.15, 0.2) is 0 Å². The van der Waals surface area contributed by atoms with Gasteiger partial charge in [-0.1, -0.05) is 6.07 Å². The molecule has 0 fully saturated rings. The number of hydrogen-bond acceptors (Lipinski definition) is 5. The number of rotatable bonds is 3. The van der Waals surface area contributed by atoms with Gasteiger partial charge in [-0.15, -0.1) is 11.3 Å². The summed E-state index contributed by atoms with van der Waals surface area (Å²) in [5.41, 5.74) is 1.10. The van der Waals surface area contributed by atoms with Crippen LogP contribution in [0.2, 0.25) is 0 Å². The van der Waals surface area contributed by atoms with Crippen LogP contribution in [0, 0.1) is 13.8 Å². The molecule has 0 saturated carbocycles. The van der Waals surface area contributed by atoms with Crippen molar-refractivity contribution in [1.82, 2.24) is 15.0 Å². The van der Waals surface area contributed by atoms with E-state index in [1.807, 2.05) is 13.8 Å². The zero-order valence-corrected chi connectivity index (χ0v) is 13.7. The predicted octanol–water partition coefficient (Wildman–Crippen LogP) is 4.98. The van der Waals surface area contributed by atoms with E-state index in [0.29, 0.717) is 5.69 Å². The Morgan fingerprint density at radius 2 is 1.88 bits per heavy atom. The Morgan fingerprint density at radius 1 is 1.08 bits per heavy atom. The smallest absolute Gasteiger partial charge is 0.324 e. The van der Waals surface area contributed by atoms with Gasteiger partial charge in [0.2, 0.25) is 5.95 Å². The molecule has 0 unspecified atom stereocenters. The zero-order valence-electron chi connectivity index (χ0n) is 12.8. The topological polar surface area (TPSA) is 50.7 Å². The van der Waals surface area contributed by atoms with E-state index in [0.717, 1.165) is 27.7 Å². The molecule has 2 aromatic heterocycles. The van der Waals surface area contributed by atoms with Crippen molar-refractivity contribution in [2.75, 3.05) is 5.32 Å². The lowest BCUT2D eigenvalue weighted by Crippen LogP contribution is -2.05. The maximum Gasteiger partial charge on any atom is 0.416 e. The van der Waals surface area contributed by atoms with E-state index in [-0.39, 0.29) is 11.6 Å². The molecule has 0 aliphatic rings. The Bertz CT molecular complexity index is 854. The van der Waals surface area contributed by atoms with Crippen molar-refractivity contribution in [3.8, 4) is 10.7 Å². The Kier molecular flexibility index (Phi) is 4.23. The number of alkyl halides is 3. The van der Waals surface area contributed by atoms with E-state index in [4.69, 9.17) is 0 Å². The molecule has 1 N–H and O–H groups in total. The van der Waals surface area contributed by atoms with Crippen molar-refractivity contribution < 1.29 is 13.2 Å². The van der Waals surface area contributed by atoms with Gasteiger partial charge < -0.3 is 5.32 Å². The molecule has 3 rings (SSSR count). The van der Waals surface area contributed by atoms with Crippen LogP contribution in [0.3, 0.4) is 0 Å². The van der Waals surface area contributed by atoms with Crippen molar-refractivity contribution in [3.63, 3.8) is 0 Å². The van der Waals surface area contributed by atoms with Gasteiger partial charge in [0, 0.05) is 16.8 Å². The summed E-state index contributed by atoms with van der Waals surface area (Å²) in [6.07, 6.45) is -2.85. The minimum Gasteiger partial charge on any atom is -0.324 e. The van der Waals surface area contributed by atoms with Crippen molar-refractivity contribution in [2.45, 2.75) is 20.0 Å². The molecule has 0 spiro atoms. The lowest BCUT2D eigenvalue weighted by atomic mass is 10.2. The Hall–Kier alpha value is -2.48. The maximum atomic E-state index is 12.8. The molecule has 124 valence electrons. The summed E-state index contributed by atoms with van der Waals surface area (Å²) in [5.74, 6) is 0.220. The summed E-state index contributed by atoms with van der Waals surface area (Å²) in [7, 11) is 0. The third-order valence-electron chi connectivity index (χ3n) is 3.35. The number of hydrogen-bond donors (Lipinski definition) is 1. The summed E-state index contributed by atoms with van der Waals surface area (Å²) < 4.78 is 38.3. The van der Waals surface area contributed by atoms with Gasteiger partial charge in [0.1, 0.15) is 10.7 Å². The summed E-state index contributed by atoms with van der Waals surface area (Å²) >= 11 is 1.51. The number of nitrogens with one attached hydrogen (secondary N) is 1. The van der Waals surface area contributed by atoms with Crippen molar-refractivity contribution in [3.05, 3.63) is 52.7 Å². The first-order chi connectivity index (χ1) is 11.3.